The monoisotopic (exact) mass is 406 g/mol. The van der Waals surface area contributed by atoms with Gasteiger partial charge >= 0.3 is 0 Å². The Balaban J connectivity index is 1.46. The Labute approximate surface area is 176 Å². The Morgan fingerprint density at radius 2 is 2.00 bits per heavy atom. The summed E-state index contributed by atoms with van der Waals surface area (Å²) in [6, 6.07) is 15.8. The molecule has 0 saturated carbocycles. The quantitative estimate of drug-likeness (QED) is 0.461. The van der Waals surface area contributed by atoms with Crippen molar-refractivity contribution in [1.82, 2.24) is 10.4 Å². The fraction of sp³-hybridized carbons (Fsp3) is 0.333. The molecule has 1 saturated heterocycles. The van der Waals surface area contributed by atoms with Gasteiger partial charge in [0.2, 0.25) is 0 Å². The first-order chi connectivity index (χ1) is 14.6. The summed E-state index contributed by atoms with van der Waals surface area (Å²) in [5.74, 6) is 0.0777. The first-order valence-corrected chi connectivity index (χ1v) is 10.3. The molecule has 1 atom stereocenters. The van der Waals surface area contributed by atoms with E-state index in [0.717, 1.165) is 38.9 Å². The van der Waals surface area contributed by atoms with Gasteiger partial charge in [0.05, 0.1) is 12.0 Å². The summed E-state index contributed by atoms with van der Waals surface area (Å²) < 4.78 is 6.42. The van der Waals surface area contributed by atoms with E-state index >= 15 is 0 Å². The van der Waals surface area contributed by atoms with Gasteiger partial charge in [-0.3, -0.25) is 19.7 Å². The number of hydroxylamine groups is 1. The van der Waals surface area contributed by atoms with Crippen molar-refractivity contribution in [1.29, 1.82) is 0 Å². The van der Waals surface area contributed by atoms with Gasteiger partial charge in [0.15, 0.2) is 5.78 Å². The lowest BCUT2D eigenvalue weighted by atomic mass is 9.84. The second-order valence-corrected chi connectivity index (χ2v) is 8.07. The normalized spacial score (nSPS) is 21.8. The van der Waals surface area contributed by atoms with Crippen molar-refractivity contribution in [3.63, 3.8) is 0 Å². The minimum Gasteiger partial charge on any atom is -0.486 e. The van der Waals surface area contributed by atoms with Crippen LogP contribution in [0.2, 0.25) is 0 Å². The number of carbonyl (C=O) groups excluding carboxylic acids is 2. The molecule has 2 aliphatic heterocycles. The molecule has 2 N–H and O–H groups in total. The number of fused-ring (bicyclic) bond motifs is 1. The molecular formula is C24H26N2O4. The first-order valence-electron chi connectivity index (χ1n) is 10.3. The van der Waals surface area contributed by atoms with Gasteiger partial charge in [-0.05, 0) is 48.7 Å². The van der Waals surface area contributed by atoms with Gasteiger partial charge in [-0.1, -0.05) is 36.4 Å². The molecule has 2 heterocycles. The Morgan fingerprint density at radius 1 is 1.17 bits per heavy atom. The number of nitrogens with zero attached hydrogens (tertiary/aromatic N) is 1. The maximum atomic E-state index is 13.0. The second-order valence-electron chi connectivity index (χ2n) is 8.07. The molecule has 0 aliphatic carbocycles. The van der Waals surface area contributed by atoms with Crippen LogP contribution in [0.5, 0.6) is 5.75 Å². The first kappa shape index (κ1) is 20.3. The Hall–Kier alpha value is -2.96. The highest BCUT2D eigenvalue weighted by Gasteiger charge is 2.41. The summed E-state index contributed by atoms with van der Waals surface area (Å²) in [5.41, 5.74) is 3.67. The molecule has 1 fully saturated rings. The maximum absolute atomic E-state index is 13.0. The lowest BCUT2D eigenvalue weighted by molar-refractivity contribution is -0.124. The van der Waals surface area contributed by atoms with E-state index in [4.69, 9.17) is 9.94 Å². The van der Waals surface area contributed by atoms with Gasteiger partial charge in [0.1, 0.15) is 11.4 Å². The highest BCUT2D eigenvalue weighted by molar-refractivity contribution is 6.01. The molecule has 2 aromatic rings. The van der Waals surface area contributed by atoms with Crippen LogP contribution in [-0.2, 0) is 11.3 Å². The van der Waals surface area contributed by atoms with Gasteiger partial charge in [-0.25, -0.2) is 5.48 Å². The number of ether oxygens (including phenoxy) is 1. The van der Waals surface area contributed by atoms with Crippen LogP contribution in [0.15, 0.2) is 54.6 Å². The van der Waals surface area contributed by atoms with Crippen molar-refractivity contribution in [2.45, 2.75) is 37.8 Å². The summed E-state index contributed by atoms with van der Waals surface area (Å²) >= 11 is 0. The predicted octanol–water partition coefficient (Wildman–Crippen LogP) is 3.60. The van der Waals surface area contributed by atoms with Crippen molar-refractivity contribution in [3.8, 4) is 5.75 Å². The Morgan fingerprint density at radius 3 is 2.80 bits per heavy atom. The molecule has 6 nitrogen and oxygen atoms in total. The van der Waals surface area contributed by atoms with Crippen molar-refractivity contribution >= 4 is 17.8 Å². The third kappa shape index (κ3) is 4.61. The summed E-state index contributed by atoms with van der Waals surface area (Å²) in [4.78, 5) is 26.6. The number of Topliss-reactive ketones (excluding diaryl/α,β-unsaturated/α-hetero) is 1. The number of amides is 1. The number of carbonyl (C=O) groups is 2. The fourth-order valence-electron chi connectivity index (χ4n) is 4.33. The molecule has 0 radical (unpaired) electrons. The van der Waals surface area contributed by atoms with Gasteiger partial charge < -0.3 is 4.74 Å². The van der Waals surface area contributed by atoms with E-state index in [9.17, 15) is 9.59 Å². The molecule has 6 heteroatoms. The molecule has 1 spiro atoms. The summed E-state index contributed by atoms with van der Waals surface area (Å²) in [7, 11) is 0. The van der Waals surface area contributed by atoms with Crippen molar-refractivity contribution in [2.24, 2.45) is 0 Å². The van der Waals surface area contributed by atoms with E-state index in [-0.39, 0.29) is 5.78 Å². The molecule has 0 aromatic heterocycles. The molecule has 30 heavy (non-hydrogen) atoms. The third-order valence-electron chi connectivity index (χ3n) is 5.89. The molecule has 156 valence electrons. The standard InChI is InChI=1S/C24H26N2O4/c27-21-16-24(11-4-13-26(14-12-24)17-19-5-2-1-3-6-19)30-22-9-7-18(15-20(21)22)8-10-23(28)25-29/h1-3,5-10,15,29H,4,11-14,16-17H2,(H,25,28). The van der Waals surface area contributed by atoms with E-state index in [1.165, 1.54) is 11.6 Å². The zero-order chi connectivity index (χ0) is 21.0. The van der Waals surface area contributed by atoms with Crippen LogP contribution in [0.1, 0.15) is 47.2 Å². The van der Waals surface area contributed by atoms with Crippen LogP contribution in [-0.4, -0.2) is 40.5 Å². The van der Waals surface area contributed by atoms with Gasteiger partial charge in [-0.15, -0.1) is 0 Å². The minimum absolute atomic E-state index is 0.0784. The molecule has 2 aromatic carbocycles. The SMILES string of the molecule is O=C(C=Cc1ccc2c(c1)C(=O)CC1(CCCN(Cc3ccccc3)CC1)O2)NO. The second kappa shape index (κ2) is 8.81. The number of likely N-dealkylation sites (tertiary alicyclic amines) is 1. The third-order valence-corrected chi connectivity index (χ3v) is 5.89. The number of hydrogen-bond acceptors (Lipinski definition) is 5. The van der Waals surface area contributed by atoms with E-state index in [2.05, 4.69) is 29.2 Å². The van der Waals surface area contributed by atoms with Crippen molar-refractivity contribution in [2.75, 3.05) is 13.1 Å². The van der Waals surface area contributed by atoms with Crippen LogP contribution in [0.25, 0.3) is 6.08 Å². The largest absolute Gasteiger partial charge is 0.486 e. The smallest absolute Gasteiger partial charge is 0.267 e. The van der Waals surface area contributed by atoms with Gasteiger partial charge in [-0.2, -0.15) is 0 Å². The molecular weight excluding hydrogens is 380 g/mol. The molecule has 1 unspecified atom stereocenters. The highest BCUT2D eigenvalue weighted by atomic mass is 16.5. The van der Waals surface area contributed by atoms with Gasteiger partial charge in [0.25, 0.3) is 5.91 Å². The number of hydrogen-bond donors (Lipinski definition) is 2. The summed E-state index contributed by atoms with van der Waals surface area (Å²) in [6.45, 7) is 2.81. The lowest BCUT2D eigenvalue weighted by Gasteiger charge is -2.37. The van der Waals surface area contributed by atoms with Crippen molar-refractivity contribution in [3.05, 3.63) is 71.3 Å². The van der Waals surface area contributed by atoms with Crippen LogP contribution in [0, 0.1) is 0 Å². The molecule has 1 amide bonds. The van der Waals surface area contributed by atoms with E-state index in [1.54, 1.807) is 23.7 Å². The molecule has 0 bridgehead atoms. The van der Waals surface area contributed by atoms with Crippen LogP contribution < -0.4 is 10.2 Å². The Kier molecular flexibility index (Phi) is 5.97. The zero-order valence-corrected chi connectivity index (χ0v) is 16.8. The fourth-order valence-corrected chi connectivity index (χ4v) is 4.33. The van der Waals surface area contributed by atoms with Gasteiger partial charge in [0, 0.05) is 25.6 Å². The average Bonchev–Trinajstić information content (AvgIpc) is 2.95. The molecule has 4 rings (SSSR count). The predicted molar refractivity (Wildman–Crippen MR) is 113 cm³/mol. The number of ketones is 1. The zero-order valence-electron chi connectivity index (χ0n) is 16.8. The van der Waals surface area contributed by atoms with Crippen LogP contribution in [0.3, 0.4) is 0 Å². The topological polar surface area (TPSA) is 78.9 Å². The maximum Gasteiger partial charge on any atom is 0.267 e. The summed E-state index contributed by atoms with van der Waals surface area (Å²) in [5, 5.41) is 8.58. The number of benzene rings is 2. The van der Waals surface area contributed by atoms with E-state index in [0.29, 0.717) is 23.3 Å². The summed E-state index contributed by atoms with van der Waals surface area (Å²) in [6.07, 6.45) is 5.82. The van der Waals surface area contributed by atoms with Crippen LogP contribution in [0.4, 0.5) is 0 Å². The molecule has 2 aliphatic rings. The minimum atomic E-state index is -0.618. The lowest BCUT2D eigenvalue weighted by Crippen LogP contribution is -2.42. The van der Waals surface area contributed by atoms with E-state index < -0.39 is 11.5 Å². The highest BCUT2D eigenvalue weighted by Crippen LogP contribution is 2.40. The Bertz CT molecular complexity index is 957. The average molecular weight is 406 g/mol. The number of rotatable bonds is 4. The van der Waals surface area contributed by atoms with E-state index in [1.807, 2.05) is 12.1 Å². The number of nitrogens with one attached hydrogen (secondary N) is 1. The van der Waals surface area contributed by atoms with Crippen molar-refractivity contribution < 1.29 is 19.5 Å². The van der Waals surface area contributed by atoms with Crippen LogP contribution >= 0.6 is 0 Å².